The lowest BCUT2D eigenvalue weighted by Gasteiger charge is -2.27. The molecule has 0 aromatic heterocycles. The Kier molecular flexibility index (Phi) is 4.29. The molecule has 1 fully saturated rings. The molecule has 1 aromatic carbocycles. The van der Waals surface area contributed by atoms with Crippen molar-refractivity contribution in [3.05, 3.63) is 23.8 Å². The summed E-state index contributed by atoms with van der Waals surface area (Å²) in [5.41, 5.74) is 6.55. The molecule has 5 heteroatoms. The Balaban J connectivity index is 1.50. The number of primary amides is 1. The van der Waals surface area contributed by atoms with Crippen molar-refractivity contribution in [3.8, 4) is 11.5 Å². The van der Waals surface area contributed by atoms with Crippen molar-refractivity contribution < 1.29 is 14.3 Å². The Hall–Kier alpha value is -1.75. The van der Waals surface area contributed by atoms with Gasteiger partial charge in [-0.2, -0.15) is 0 Å². The van der Waals surface area contributed by atoms with Crippen molar-refractivity contribution in [2.75, 3.05) is 13.2 Å². The van der Waals surface area contributed by atoms with Gasteiger partial charge in [-0.25, -0.2) is 0 Å². The monoisotopic (exact) mass is 290 g/mol. The third-order valence-electron chi connectivity index (χ3n) is 4.33. The summed E-state index contributed by atoms with van der Waals surface area (Å²) in [5, 5.41) is 3.56. The Labute approximate surface area is 124 Å². The topological polar surface area (TPSA) is 73.6 Å². The van der Waals surface area contributed by atoms with E-state index in [-0.39, 0.29) is 11.8 Å². The molecule has 1 aliphatic heterocycles. The first-order chi connectivity index (χ1) is 10.2. The third kappa shape index (κ3) is 3.47. The van der Waals surface area contributed by atoms with E-state index in [1.165, 1.54) is 5.56 Å². The summed E-state index contributed by atoms with van der Waals surface area (Å²) in [6.07, 6.45) is 3.82. The Morgan fingerprint density at radius 2 is 1.86 bits per heavy atom. The number of benzene rings is 1. The molecule has 21 heavy (non-hydrogen) atoms. The lowest BCUT2D eigenvalue weighted by Crippen LogP contribution is -2.36. The summed E-state index contributed by atoms with van der Waals surface area (Å²) in [5.74, 6) is 1.57. The van der Waals surface area contributed by atoms with Crippen molar-refractivity contribution >= 4 is 5.91 Å². The van der Waals surface area contributed by atoms with Crippen molar-refractivity contribution in [1.82, 2.24) is 5.32 Å². The standard InChI is InChI=1S/C16H22N2O3/c17-16(19)12-2-4-13(5-3-12)18-10-11-1-6-14-15(9-11)21-8-7-20-14/h1,6,9,12-13,18H,2-5,7-8,10H2,(H2,17,19). The van der Waals surface area contributed by atoms with E-state index < -0.39 is 0 Å². The van der Waals surface area contributed by atoms with E-state index in [9.17, 15) is 4.79 Å². The molecule has 0 bridgehead atoms. The summed E-state index contributed by atoms with van der Waals surface area (Å²) >= 11 is 0. The molecule has 1 heterocycles. The quantitative estimate of drug-likeness (QED) is 0.883. The van der Waals surface area contributed by atoms with Crippen LogP contribution in [0.25, 0.3) is 0 Å². The normalized spacial score (nSPS) is 24.6. The number of fused-ring (bicyclic) bond motifs is 1. The number of carbonyl (C=O) groups is 1. The van der Waals surface area contributed by atoms with Gasteiger partial charge in [0.1, 0.15) is 13.2 Å². The molecule has 3 N–H and O–H groups in total. The predicted octanol–water partition coefficient (Wildman–Crippen LogP) is 1.59. The molecule has 0 atom stereocenters. The Morgan fingerprint density at radius 1 is 1.14 bits per heavy atom. The number of nitrogens with one attached hydrogen (secondary N) is 1. The largest absolute Gasteiger partial charge is 0.486 e. The van der Waals surface area contributed by atoms with E-state index >= 15 is 0 Å². The summed E-state index contributed by atoms with van der Waals surface area (Å²) in [6.45, 7) is 2.04. The van der Waals surface area contributed by atoms with Gasteiger partial charge in [-0.15, -0.1) is 0 Å². The summed E-state index contributed by atoms with van der Waals surface area (Å²) in [6, 6.07) is 6.54. The zero-order valence-corrected chi connectivity index (χ0v) is 12.1. The number of carbonyl (C=O) groups excluding carboxylic acids is 1. The minimum absolute atomic E-state index is 0.0670. The molecule has 1 aromatic rings. The fourth-order valence-corrected chi connectivity index (χ4v) is 3.04. The number of amides is 1. The first kappa shape index (κ1) is 14.2. The van der Waals surface area contributed by atoms with Gasteiger partial charge < -0.3 is 20.5 Å². The van der Waals surface area contributed by atoms with Gasteiger partial charge in [0.25, 0.3) is 0 Å². The van der Waals surface area contributed by atoms with Gasteiger partial charge in [-0.3, -0.25) is 4.79 Å². The van der Waals surface area contributed by atoms with E-state index in [4.69, 9.17) is 15.2 Å². The highest BCUT2D eigenvalue weighted by atomic mass is 16.6. The van der Waals surface area contributed by atoms with Crippen molar-refractivity contribution in [2.24, 2.45) is 11.7 Å². The molecule has 1 aliphatic carbocycles. The van der Waals surface area contributed by atoms with Crippen LogP contribution in [0.1, 0.15) is 31.2 Å². The number of rotatable bonds is 4. The lowest BCUT2D eigenvalue weighted by atomic mass is 9.85. The minimum atomic E-state index is -0.153. The molecule has 5 nitrogen and oxygen atoms in total. The maximum Gasteiger partial charge on any atom is 0.220 e. The molecular weight excluding hydrogens is 268 g/mol. The SMILES string of the molecule is NC(=O)C1CCC(NCc2ccc3c(c2)OCCO3)CC1. The van der Waals surface area contributed by atoms with Crippen LogP contribution in [-0.2, 0) is 11.3 Å². The van der Waals surface area contributed by atoms with E-state index in [1.54, 1.807) is 0 Å². The lowest BCUT2D eigenvalue weighted by molar-refractivity contribution is -0.122. The van der Waals surface area contributed by atoms with E-state index in [0.29, 0.717) is 19.3 Å². The van der Waals surface area contributed by atoms with Gasteiger partial charge in [0.15, 0.2) is 11.5 Å². The molecule has 1 amide bonds. The smallest absolute Gasteiger partial charge is 0.220 e. The molecule has 2 aliphatic rings. The molecule has 3 rings (SSSR count). The van der Waals surface area contributed by atoms with E-state index in [2.05, 4.69) is 11.4 Å². The first-order valence-corrected chi connectivity index (χ1v) is 7.63. The second kappa shape index (κ2) is 6.35. The molecule has 0 saturated heterocycles. The highest BCUT2D eigenvalue weighted by molar-refractivity contribution is 5.76. The van der Waals surface area contributed by atoms with Crippen molar-refractivity contribution in [3.63, 3.8) is 0 Å². The van der Waals surface area contributed by atoms with Gasteiger partial charge in [-0.1, -0.05) is 6.07 Å². The Bertz CT molecular complexity index is 510. The van der Waals surface area contributed by atoms with Gasteiger partial charge in [0.05, 0.1) is 0 Å². The van der Waals surface area contributed by atoms with Crippen LogP contribution in [0.3, 0.4) is 0 Å². The highest BCUT2D eigenvalue weighted by Crippen LogP contribution is 2.31. The summed E-state index contributed by atoms with van der Waals surface area (Å²) in [4.78, 5) is 11.2. The fraction of sp³-hybridized carbons (Fsp3) is 0.562. The second-order valence-electron chi connectivity index (χ2n) is 5.81. The maximum atomic E-state index is 11.2. The predicted molar refractivity (Wildman–Crippen MR) is 79.2 cm³/mol. The number of ether oxygens (including phenoxy) is 2. The van der Waals surface area contributed by atoms with E-state index in [0.717, 1.165) is 43.7 Å². The average Bonchev–Trinajstić information content (AvgIpc) is 2.53. The van der Waals surface area contributed by atoms with Crippen molar-refractivity contribution in [1.29, 1.82) is 0 Å². The van der Waals surface area contributed by atoms with Crippen LogP contribution in [0.5, 0.6) is 11.5 Å². The fourth-order valence-electron chi connectivity index (χ4n) is 3.04. The minimum Gasteiger partial charge on any atom is -0.486 e. The van der Waals surface area contributed by atoms with Crippen LogP contribution >= 0.6 is 0 Å². The third-order valence-corrected chi connectivity index (χ3v) is 4.33. The van der Waals surface area contributed by atoms with Crippen molar-refractivity contribution in [2.45, 2.75) is 38.3 Å². The van der Waals surface area contributed by atoms with Gasteiger partial charge in [0.2, 0.25) is 5.91 Å². The molecule has 0 spiro atoms. The van der Waals surface area contributed by atoms with Crippen LogP contribution < -0.4 is 20.5 Å². The van der Waals surface area contributed by atoms with Crippen LogP contribution in [0.4, 0.5) is 0 Å². The van der Waals surface area contributed by atoms with Crippen LogP contribution in [0, 0.1) is 5.92 Å². The first-order valence-electron chi connectivity index (χ1n) is 7.63. The number of hydrogen-bond donors (Lipinski definition) is 2. The zero-order chi connectivity index (χ0) is 14.7. The number of hydrogen-bond acceptors (Lipinski definition) is 4. The maximum absolute atomic E-state index is 11.2. The Morgan fingerprint density at radius 3 is 2.57 bits per heavy atom. The summed E-state index contributed by atoms with van der Waals surface area (Å²) < 4.78 is 11.1. The van der Waals surface area contributed by atoms with Crippen LogP contribution in [-0.4, -0.2) is 25.2 Å². The molecule has 114 valence electrons. The van der Waals surface area contributed by atoms with E-state index in [1.807, 2.05) is 12.1 Å². The average molecular weight is 290 g/mol. The summed E-state index contributed by atoms with van der Waals surface area (Å²) in [7, 11) is 0. The zero-order valence-electron chi connectivity index (χ0n) is 12.1. The van der Waals surface area contributed by atoms with Gasteiger partial charge >= 0.3 is 0 Å². The van der Waals surface area contributed by atoms with Gasteiger partial charge in [-0.05, 0) is 43.4 Å². The molecule has 1 saturated carbocycles. The van der Waals surface area contributed by atoms with Crippen LogP contribution in [0.15, 0.2) is 18.2 Å². The molecular formula is C16H22N2O3. The molecule has 0 radical (unpaired) electrons. The molecule has 0 unspecified atom stereocenters. The van der Waals surface area contributed by atoms with Gasteiger partial charge in [0, 0.05) is 18.5 Å². The van der Waals surface area contributed by atoms with Crippen LogP contribution in [0.2, 0.25) is 0 Å². The number of nitrogens with two attached hydrogens (primary N) is 1. The second-order valence-corrected chi connectivity index (χ2v) is 5.81. The highest BCUT2D eigenvalue weighted by Gasteiger charge is 2.24.